The minimum Gasteiger partial charge on any atom is -0.383 e. The zero-order valence-corrected chi connectivity index (χ0v) is 18.7. The Kier molecular flexibility index (Phi) is 8.07. The van der Waals surface area contributed by atoms with E-state index in [9.17, 15) is 14.4 Å². The van der Waals surface area contributed by atoms with Crippen LogP contribution < -0.4 is 27.6 Å². The number of nitrogens with one attached hydrogen (secondary N) is 2. The first kappa shape index (κ1) is 23.6. The van der Waals surface area contributed by atoms with E-state index >= 15 is 0 Å². The highest BCUT2D eigenvalue weighted by molar-refractivity contribution is 5.90. The lowest BCUT2D eigenvalue weighted by atomic mass is 10.2. The molecule has 0 spiro atoms. The summed E-state index contributed by atoms with van der Waals surface area (Å²) in [4.78, 5) is 40.8. The van der Waals surface area contributed by atoms with E-state index in [0.29, 0.717) is 45.0 Å². The van der Waals surface area contributed by atoms with Crippen LogP contribution in [0.2, 0.25) is 0 Å². The van der Waals surface area contributed by atoms with Crippen LogP contribution >= 0.6 is 0 Å². The van der Waals surface area contributed by atoms with Crippen LogP contribution in [0.5, 0.6) is 0 Å². The zero-order valence-electron chi connectivity index (χ0n) is 18.7. The Labute approximate surface area is 187 Å². The van der Waals surface area contributed by atoms with Crippen LogP contribution in [0.1, 0.15) is 18.9 Å². The molecule has 2 heterocycles. The predicted octanol–water partition coefficient (Wildman–Crippen LogP) is 0.693. The molecular weight excluding hydrogens is 412 g/mol. The summed E-state index contributed by atoms with van der Waals surface area (Å²) >= 11 is 0. The van der Waals surface area contributed by atoms with Crippen LogP contribution in [-0.4, -0.2) is 59.3 Å². The van der Waals surface area contributed by atoms with Gasteiger partial charge < -0.3 is 21.1 Å². The van der Waals surface area contributed by atoms with E-state index < -0.39 is 23.7 Å². The van der Waals surface area contributed by atoms with Gasteiger partial charge in [0.2, 0.25) is 5.91 Å². The number of benzene rings is 1. The number of hydrogen-bond acceptors (Lipinski definition) is 7. The monoisotopic (exact) mass is 444 g/mol. The standard InChI is InChI=1S/C22H32N6O4/c1-3-9-27-20(23)19(24-8-10-26-11-13-32-14-12-26)21(30)28(22(27)31)15-18(29)25-17-6-4-16(2)5-7-17/h4-7,24H,3,8-15,23H2,1-2H3,(H,25,29). The Hall–Kier alpha value is -3.11. The van der Waals surface area contributed by atoms with Crippen molar-refractivity contribution < 1.29 is 9.53 Å². The summed E-state index contributed by atoms with van der Waals surface area (Å²) in [6.45, 7) is 8.05. The van der Waals surface area contributed by atoms with E-state index in [1.165, 1.54) is 4.57 Å². The first-order valence-corrected chi connectivity index (χ1v) is 10.9. The maximum atomic E-state index is 13.1. The molecule has 10 heteroatoms. The third-order valence-corrected chi connectivity index (χ3v) is 5.39. The average Bonchev–Trinajstić information content (AvgIpc) is 2.79. The van der Waals surface area contributed by atoms with Crippen LogP contribution in [0.25, 0.3) is 0 Å². The van der Waals surface area contributed by atoms with Crippen LogP contribution in [0.15, 0.2) is 33.9 Å². The number of nitrogens with two attached hydrogens (primary N) is 1. The highest BCUT2D eigenvalue weighted by atomic mass is 16.5. The van der Waals surface area contributed by atoms with Crippen molar-refractivity contribution in [1.82, 2.24) is 14.0 Å². The molecule has 10 nitrogen and oxygen atoms in total. The molecular formula is C22H32N6O4. The van der Waals surface area contributed by atoms with Gasteiger partial charge in [0.15, 0.2) is 0 Å². The molecule has 174 valence electrons. The Bertz CT molecular complexity index is 1040. The summed E-state index contributed by atoms with van der Waals surface area (Å²) in [6, 6.07) is 7.28. The molecule has 1 aromatic heterocycles. The highest BCUT2D eigenvalue weighted by Gasteiger charge is 2.19. The molecule has 1 aliphatic rings. The molecule has 0 unspecified atom stereocenters. The fourth-order valence-electron chi connectivity index (χ4n) is 3.61. The van der Waals surface area contributed by atoms with Crippen molar-refractivity contribution in [3.05, 3.63) is 50.7 Å². The van der Waals surface area contributed by atoms with E-state index in [0.717, 1.165) is 23.2 Å². The second-order valence-electron chi connectivity index (χ2n) is 7.88. The van der Waals surface area contributed by atoms with Gasteiger partial charge in [0, 0.05) is 38.4 Å². The number of nitrogens with zero attached hydrogens (tertiary/aromatic N) is 3. The molecule has 1 aromatic carbocycles. The van der Waals surface area contributed by atoms with Crippen molar-refractivity contribution in [2.24, 2.45) is 0 Å². The highest BCUT2D eigenvalue weighted by Crippen LogP contribution is 2.12. The zero-order chi connectivity index (χ0) is 23.1. The van der Waals surface area contributed by atoms with E-state index in [1.54, 1.807) is 12.1 Å². The van der Waals surface area contributed by atoms with E-state index in [1.807, 2.05) is 26.0 Å². The first-order chi connectivity index (χ1) is 15.4. The summed E-state index contributed by atoms with van der Waals surface area (Å²) in [5, 5.41) is 5.82. The summed E-state index contributed by atoms with van der Waals surface area (Å²) < 4.78 is 7.63. The lowest BCUT2D eigenvalue weighted by Gasteiger charge is -2.26. The lowest BCUT2D eigenvalue weighted by Crippen LogP contribution is -2.45. The van der Waals surface area contributed by atoms with Crippen molar-refractivity contribution in [1.29, 1.82) is 0 Å². The summed E-state index contributed by atoms with van der Waals surface area (Å²) in [6.07, 6.45) is 0.658. The average molecular weight is 445 g/mol. The number of aromatic nitrogens is 2. The van der Waals surface area contributed by atoms with Gasteiger partial charge in [-0.1, -0.05) is 24.6 Å². The second kappa shape index (κ2) is 11.0. The largest absolute Gasteiger partial charge is 0.383 e. The van der Waals surface area contributed by atoms with Crippen molar-refractivity contribution in [3.8, 4) is 0 Å². The Morgan fingerprint density at radius 2 is 1.78 bits per heavy atom. The van der Waals surface area contributed by atoms with Gasteiger partial charge in [0.05, 0.1) is 13.2 Å². The minimum absolute atomic E-state index is 0.0963. The molecule has 32 heavy (non-hydrogen) atoms. The van der Waals surface area contributed by atoms with Crippen molar-refractivity contribution >= 4 is 23.1 Å². The molecule has 0 saturated carbocycles. The molecule has 0 bridgehead atoms. The van der Waals surface area contributed by atoms with Gasteiger partial charge in [0.25, 0.3) is 5.56 Å². The second-order valence-corrected chi connectivity index (χ2v) is 7.88. The number of rotatable bonds is 9. The van der Waals surface area contributed by atoms with Gasteiger partial charge in [-0.05, 0) is 25.5 Å². The van der Waals surface area contributed by atoms with Gasteiger partial charge in [-0.3, -0.25) is 19.1 Å². The van der Waals surface area contributed by atoms with E-state index in [-0.39, 0.29) is 11.5 Å². The quantitative estimate of drug-likeness (QED) is 0.520. The number of carbonyl (C=O) groups is 1. The van der Waals surface area contributed by atoms with Gasteiger partial charge in [-0.15, -0.1) is 0 Å². The van der Waals surface area contributed by atoms with Gasteiger partial charge in [0.1, 0.15) is 18.1 Å². The van der Waals surface area contributed by atoms with Crippen LogP contribution in [0.4, 0.5) is 17.2 Å². The number of morpholine rings is 1. The summed E-state index contributed by atoms with van der Waals surface area (Å²) in [5.41, 5.74) is 6.80. The normalized spacial score (nSPS) is 14.3. The number of anilines is 3. The van der Waals surface area contributed by atoms with Crippen molar-refractivity contribution in [2.45, 2.75) is 33.4 Å². The van der Waals surface area contributed by atoms with Gasteiger partial charge >= 0.3 is 5.69 Å². The molecule has 0 atom stereocenters. The molecule has 1 fully saturated rings. The summed E-state index contributed by atoms with van der Waals surface area (Å²) in [7, 11) is 0. The maximum Gasteiger partial charge on any atom is 0.333 e. The molecule has 4 N–H and O–H groups in total. The smallest absolute Gasteiger partial charge is 0.333 e. The molecule has 1 aliphatic heterocycles. The fourth-order valence-corrected chi connectivity index (χ4v) is 3.61. The fraction of sp³-hybridized carbons (Fsp3) is 0.500. The number of hydrogen-bond donors (Lipinski definition) is 3. The third kappa shape index (κ3) is 5.77. The molecule has 3 rings (SSSR count). The van der Waals surface area contributed by atoms with E-state index in [2.05, 4.69) is 15.5 Å². The minimum atomic E-state index is -0.596. The molecule has 0 aliphatic carbocycles. The third-order valence-electron chi connectivity index (χ3n) is 5.39. The Balaban J connectivity index is 1.80. The van der Waals surface area contributed by atoms with Crippen LogP contribution in [0.3, 0.4) is 0 Å². The number of aryl methyl sites for hydroxylation is 1. The molecule has 1 amide bonds. The van der Waals surface area contributed by atoms with Crippen molar-refractivity contribution in [3.63, 3.8) is 0 Å². The van der Waals surface area contributed by atoms with Gasteiger partial charge in [-0.2, -0.15) is 0 Å². The number of nitrogen functional groups attached to an aromatic ring is 1. The number of ether oxygens (including phenoxy) is 1. The first-order valence-electron chi connectivity index (χ1n) is 10.9. The Morgan fingerprint density at radius 3 is 2.44 bits per heavy atom. The molecule has 1 saturated heterocycles. The number of amides is 1. The maximum absolute atomic E-state index is 13.1. The number of carbonyl (C=O) groups excluding carboxylic acids is 1. The van der Waals surface area contributed by atoms with Crippen LogP contribution in [-0.2, 0) is 22.6 Å². The lowest BCUT2D eigenvalue weighted by molar-refractivity contribution is -0.116. The van der Waals surface area contributed by atoms with Crippen LogP contribution in [0, 0.1) is 6.92 Å². The van der Waals surface area contributed by atoms with E-state index in [4.69, 9.17) is 10.5 Å². The summed E-state index contributed by atoms with van der Waals surface area (Å²) in [5.74, 6) is -0.362. The van der Waals surface area contributed by atoms with Crippen molar-refractivity contribution in [2.75, 3.05) is 55.8 Å². The molecule has 2 aromatic rings. The van der Waals surface area contributed by atoms with Gasteiger partial charge in [-0.25, -0.2) is 9.36 Å². The SMILES string of the molecule is CCCn1c(N)c(NCCN2CCOCC2)c(=O)n(CC(=O)Nc2ccc(C)cc2)c1=O. The predicted molar refractivity (Wildman–Crippen MR) is 125 cm³/mol. The topological polar surface area (TPSA) is 124 Å². The Morgan fingerprint density at radius 1 is 1.09 bits per heavy atom. The molecule has 0 radical (unpaired) electrons.